The number of hydrogen-bond donors (Lipinski definition) is 0. The molecule has 1 atom stereocenters. The van der Waals surface area contributed by atoms with Crippen LogP contribution in [0.4, 0.5) is 0 Å². The van der Waals surface area contributed by atoms with Crippen LogP contribution in [0, 0.1) is 0 Å². The molecule has 0 aliphatic carbocycles. The van der Waals surface area contributed by atoms with Gasteiger partial charge in [-0.1, -0.05) is 0 Å². The molecule has 2 nitrogen and oxygen atoms in total. The van der Waals surface area contributed by atoms with Crippen molar-refractivity contribution in [2.75, 3.05) is 13.2 Å². The van der Waals surface area contributed by atoms with E-state index in [1.54, 1.807) is 6.92 Å². The minimum Gasteiger partial charge on any atom is -0.485 e. The maximum absolute atomic E-state index is 5.44. The molecule has 3 heteroatoms. The van der Waals surface area contributed by atoms with Gasteiger partial charge in [0.1, 0.15) is 6.61 Å². The van der Waals surface area contributed by atoms with Crippen LogP contribution in [-0.2, 0) is 9.47 Å². The van der Waals surface area contributed by atoms with E-state index in [0.717, 1.165) is 13.0 Å². The van der Waals surface area contributed by atoms with E-state index in [4.69, 9.17) is 21.7 Å². The first-order valence-corrected chi connectivity index (χ1v) is 4.45. The topological polar surface area (TPSA) is 18.5 Å². The Morgan fingerprint density at radius 3 is 3.00 bits per heavy atom. The fourth-order valence-electron chi connectivity index (χ4n) is 1.15. The summed E-state index contributed by atoms with van der Waals surface area (Å²) in [5, 5.41) is 0.610. The van der Waals surface area contributed by atoms with Crippen molar-refractivity contribution in [1.29, 1.82) is 0 Å². The number of ether oxygens (including phenoxy) is 2. The summed E-state index contributed by atoms with van der Waals surface area (Å²) >= 11 is 4.79. The van der Waals surface area contributed by atoms with Gasteiger partial charge in [0.05, 0.1) is 6.10 Å². The van der Waals surface area contributed by atoms with Crippen molar-refractivity contribution in [3.05, 3.63) is 0 Å². The Kier molecular flexibility index (Phi) is 3.80. The molecule has 0 radical (unpaired) electrons. The minimum atomic E-state index is 0.279. The molecular formula is C8H14O2S. The molecular weight excluding hydrogens is 160 g/mol. The highest BCUT2D eigenvalue weighted by atomic mass is 32.1. The molecule has 0 bridgehead atoms. The van der Waals surface area contributed by atoms with Crippen molar-refractivity contribution in [3.63, 3.8) is 0 Å². The third-order valence-corrected chi connectivity index (χ3v) is 1.86. The molecule has 0 aromatic rings. The highest BCUT2D eigenvalue weighted by molar-refractivity contribution is 7.80. The standard InChI is InChI=1S/C8H14O2S/c1-7(11)10-6-8-4-2-3-5-9-8/h8H,2-6H2,1H3/t8-/m0/s1. The van der Waals surface area contributed by atoms with Gasteiger partial charge in [-0.2, -0.15) is 0 Å². The van der Waals surface area contributed by atoms with Gasteiger partial charge in [0.25, 0.3) is 0 Å². The Hall–Kier alpha value is -0.150. The molecule has 0 unspecified atom stereocenters. The lowest BCUT2D eigenvalue weighted by Gasteiger charge is -2.22. The second-order valence-corrected chi connectivity index (χ2v) is 3.37. The summed E-state index contributed by atoms with van der Waals surface area (Å²) in [6.07, 6.45) is 3.84. The van der Waals surface area contributed by atoms with Crippen LogP contribution in [0.5, 0.6) is 0 Å². The van der Waals surface area contributed by atoms with Gasteiger partial charge in [-0.25, -0.2) is 0 Å². The van der Waals surface area contributed by atoms with E-state index in [1.165, 1.54) is 12.8 Å². The third-order valence-electron chi connectivity index (χ3n) is 1.75. The highest BCUT2D eigenvalue weighted by Crippen LogP contribution is 2.12. The van der Waals surface area contributed by atoms with Crippen LogP contribution in [0.25, 0.3) is 0 Å². The second kappa shape index (κ2) is 4.67. The summed E-state index contributed by atoms with van der Waals surface area (Å²) in [4.78, 5) is 0. The summed E-state index contributed by atoms with van der Waals surface area (Å²) in [6, 6.07) is 0. The van der Waals surface area contributed by atoms with Crippen LogP contribution in [0.15, 0.2) is 0 Å². The summed E-state index contributed by atoms with van der Waals surface area (Å²) in [7, 11) is 0. The molecule has 1 aliphatic rings. The predicted octanol–water partition coefficient (Wildman–Crippen LogP) is 1.92. The molecule has 11 heavy (non-hydrogen) atoms. The van der Waals surface area contributed by atoms with E-state index in [-0.39, 0.29) is 6.10 Å². The fraction of sp³-hybridized carbons (Fsp3) is 0.875. The van der Waals surface area contributed by atoms with E-state index in [2.05, 4.69) is 0 Å². The van der Waals surface area contributed by atoms with E-state index >= 15 is 0 Å². The maximum Gasteiger partial charge on any atom is 0.156 e. The fourth-order valence-corrected chi connectivity index (χ4v) is 1.22. The average Bonchev–Trinajstić information content (AvgIpc) is 2.03. The van der Waals surface area contributed by atoms with Crippen LogP contribution >= 0.6 is 12.2 Å². The van der Waals surface area contributed by atoms with Crippen molar-refractivity contribution in [3.8, 4) is 0 Å². The SMILES string of the molecule is CC(=S)OC[C@@H]1CCCCO1. The summed E-state index contributed by atoms with van der Waals surface area (Å²) in [5.74, 6) is 0. The molecule has 0 spiro atoms. The highest BCUT2D eigenvalue weighted by Gasteiger charge is 2.13. The molecule has 0 amide bonds. The Balaban J connectivity index is 2.09. The average molecular weight is 174 g/mol. The maximum atomic E-state index is 5.44. The lowest BCUT2D eigenvalue weighted by Crippen LogP contribution is -2.24. The predicted molar refractivity (Wildman–Crippen MR) is 47.8 cm³/mol. The first kappa shape index (κ1) is 8.94. The lowest BCUT2D eigenvalue weighted by atomic mass is 10.1. The molecule has 1 aliphatic heterocycles. The Morgan fingerprint density at radius 1 is 1.64 bits per heavy atom. The molecule has 64 valence electrons. The zero-order valence-electron chi connectivity index (χ0n) is 6.84. The van der Waals surface area contributed by atoms with Crippen molar-refractivity contribution < 1.29 is 9.47 Å². The summed E-state index contributed by atoms with van der Waals surface area (Å²) < 4.78 is 10.6. The van der Waals surface area contributed by atoms with Crippen molar-refractivity contribution in [2.24, 2.45) is 0 Å². The van der Waals surface area contributed by atoms with Gasteiger partial charge in [-0.15, -0.1) is 0 Å². The minimum absolute atomic E-state index is 0.279. The summed E-state index contributed by atoms with van der Waals surface area (Å²) in [6.45, 7) is 3.30. The van der Waals surface area contributed by atoms with E-state index in [9.17, 15) is 0 Å². The molecule has 0 saturated carbocycles. The second-order valence-electron chi connectivity index (χ2n) is 2.79. The van der Waals surface area contributed by atoms with Gasteiger partial charge in [0.15, 0.2) is 5.05 Å². The zero-order valence-corrected chi connectivity index (χ0v) is 7.65. The van der Waals surface area contributed by atoms with Crippen molar-refractivity contribution in [1.82, 2.24) is 0 Å². The molecule has 1 rings (SSSR count). The van der Waals surface area contributed by atoms with E-state index < -0.39 is 0 Å². The molecule has 1 saturated heterocycles. The lowest BCUT2D eigenvalue weighted by molar-refractivity contribution is -0.0132. The van der Waals surface area contributed by atoms with Crippen LogP contribution in [0.2, 0.25) is 0 Å². The Bertz CT molecular complexity index is 130. The quantitative estimate of drug-likeness (QED) is 0.596. The molecule has 0 aromatic heterocycles. The Morgan fingerprint density at radius 2 is 2.45 bits per heavy atom. The van der Waals surface area contributed by atoms with Gasteiger partial charge >= 0.3 is 0 Å². The van der Waals surface area contributed by atoms with Crippen LogP contribution in [0.1, 0.15) is 26.2 Å². The van der Waals surface area contributed by atoms with Gasteiger partial charge in [-0.05, 0) is 31.5 Å². The van der Waals surface area contributed by atoms with Gasteiger partial charge < -0.3 is 9.47 Å². The van der Waals surface area contributed by atoms with Crippen molar-refractivity contribution >= 4 is 17.3 Å². The first-order valence-electron chi connectivity index (χ1n) is 4.04. The number of rotatable bonds is 2. The zero-order chi connectivity index (χ0) is 8.10. The monoisotopic (exact) mass is 174 g/mol. The van der Waals surface area contributed by atoms with E-state index in [0.29, 0.717) is 11.7 Å². The number of thiocarbonyl (C=S) groups is 1. The molecule has 0 N–H and O–H groups in total. The smallest absolute Gasteiger partial charge is 0.156 e. The summed E-state index contributed by atoms with van der Waals surface area (Å²) in [5.41, 5.74) is 0. The van der Waals surface area contributed by atoms with Crippen LogP contribution in [-0.4, -0.2) is 24.4 Å². The van der Waals surface area contributed by atoms with Crippen molar-refractivity contribution in [2.45, 2.75) is 32.3 Å². The molecule has 1 heterocycles. The number of hydrogen-bond acceptors (Lipinski definition) is 3. The van der Waals surface area contributed by atoms with Crippen LogP contribution in [0.3, 0.4) is 0 Å². The van der Waals surface area contributed by atoms with Gasteiger partial charge in [-0.3, -0.25) is 0 Å². The first-order chi connectivity index (χ1) is 5.29. The Labute approximate surface area is 72.9 Å². The van der Waals surface area contributed by atoms with Gasteiger partial charge in [0.2, 0.25) is 0 Å². The molecule has 1 fully saturated rings. The van der Waals surface area contributed by atoms with Gasteiger partial charge in [0, 0.05) is 13.5 Å². The normalized spacial score (nSPS) is 24.6. The van der Waals surface area contributed by atoms with E-state index in [1.807, 2.05) is 0 Å². The third kappa shape index (κ3) is 3.68. The van der Waals surface area contributed by atoms with Crippen LogP contribution < -0.4 is 0 Å². The largest absolute Gasteiger partial charge is 0.485 e. The molecule has 0 aromatic carbocycles.